The molecule has 0 aliphatic rings. The van der Waals surface area contributed by atoms with E-state index >= 15 is 0 Å². The van der Waals surface area contributed by atoms with Gasteiger partial charge in [-0.25, -0.2) is 9.59 Å². The minimum atomic E-state index is -1.82. The molecule has 0 amide bonds. The molecule has 5 N–H and O–H groups in total. The first-order valence-corrected chi connectivity index (χ1v) is 7.15. The van der Waals surface area contributed by atoms with Crippen molar-refractivity contribution in [2.45, 2.75) is 0 Å². The summed E-state index contributed by atoms with van der Waals surface area (Å²) in [4.78, 5) is 18.2. The van der Waals surface area contributed by atoms with E-state index in [-0.39, 0.29) is 0 Å². The molecule has 1 rings (SSSR count). The minimum absolute atomic E-state index is 0.810. The van der Waals surface area contributed by atoms with Gasteiger partial charge in [0.2, 0.25) is 0 Å². The van der Waals surface area contributed by atoms with E-state index in [0.717, 1.165) is 23.6 Å². The molecular weight excluding hydrogens is 508 g/mol. The van der Waals surface area contributed by atoms with Crippen LogP contribution in [0, 0.1) is 0 Å². The van der Waals surface area contributed by atoms with E-state index in [1.807, 2.05) is 6.07 Å². The third-order valence-corrected chi connectivity index (χ3v) is 5.37. The summed E-state index contributed by atoms with van der Waals surface area (Å²) in [5, 5.41) is 14.8. The molecule has 0 atom stereocenters. The standard InChI is InChI=1S/C6H4Br4N2.C2H2O4/c7-2-1-3(8)6(12-11)5(10)4(2)9;3-1(4)2(5)6/h1,12H,11H2;(H,3,4)(H,5,6). The molecule has 18 heavy (non-hydrogen) atoms. The van der Waals surface area contributed by atoms with Crippen LogP contribution in [-0.4, -0.2) is 22.2 Å². The lowest BCUT2D eigenvalue weighted by atomic mass is 10.3. The first-order valence-electron chi connectivity index (χ1n) is 3.98. The topological polar surface area (TPSA) is 113 Å². The van der Waals surface area contributed by atoms with Crippen LogP contribution in [0.15, 0.2) is 24.0 Å². The summed E-state index contributed by atoms with van der Waals surface area (Å²) in [6, 6.07) is 1.91. The Kier molecular flexibility index (Phi) is 8.03. The smallest absolute Gasteiger partial charge is 0.414 e. The molecule has 0 saturated heterocycles. The second kappa shape index (κ2) is 8.10. The molecule has 0 aromatic heterocycles. The maximum absolute atomic E-state index is 9.10. The lowest BCUT2D eigenvalue weighted by Gasteiger charge is -2.09. The van der Waals surface area contributed by atoms with Crippen molar-refractivity contribution in [1.29, 1.82) is 0 Å². The SMILES string of the molecule is NNc1c(Br)cc(Br)c(Br)c1Br.O=C(O)C(=O)O. The number of carbonyl (C=O) groups is 2. The maximum atomic E-state index is 9.10. The zero-order valence-electron chi connectivity index (χ0n) is 8.38. The van der Waals surface area contributed by atoms with Gasteiger partial charge in [0.25, 0.3) is 0 Å². The maximum Gasteiger partial charge on any atom is 0.414 e. The molecular formula is C8H6Br4N2O4. The Labute approximate surface area is 135 Å². The number of benzene rings is 1. The molecule has 0 unspecified atom stereocenters. The predicted molar refractivity (Wildman–Crippen MR) is 80.3 cm³/mol. The summed E-state index contributed by atoms with van der Waals surface area (Å²) in [7, 11) is 0. The molecule has 10 heteroatoms. The van der Waals surface area contributed by atoms with E-state index in [1.165, 1.54) is 0 Å². The highest BCUT2D eigenvalue weighted by Gasteiger charge is 2.10. The Balaban J connectivity index is 0.000000411. The molecule has 0 fully saturated rings. The molecule has 0 saturated carbocycles. The lowest BCUT2D eigenvalue weighted by molar-refractivity contribution is -0.159. The quantitative estimate of drug-likeness (QED) is 0.151. The van der Waals surface area contributed by atoms with Crippen LogP contribution >= 0.6 is 63.7 Å². The molecule has 0 spiro atoms. The molecule has 0 radical (unpaired) electrons. The molecule has 1 aromatic rings. The number of rotatable bonds is 1. The largest absolute Gasteiger partial charge is 0.473 e. The van der Waals surface area contributed by atoms with Crippen LogP contribution in [0.3, 0.4) is 0 Å². The molecule has 6 nitrogen and oxygen atoms in total. The highest BCUT2D eigenvalue weighted by Crippen LogP contribution is 2.40. The van der Waals surface area contributed by atoms with Crippen molar-refractivity contribution in [2.75, 3.05) is 5.43 Å². The first kappa shape index (κ1) is 17.8. The van der Waals surface area contributed by atoms with Crippen LogP contribution in [0.5, 0.6) is 0 Å². The molecule has 1 aromatic carbocycles. The van der Waals surface area contributed by atoms with Crippen molar-refractivity contribution in [3.8, 4) is 0 Å². The average Bonchev–Trinajstić information content (AvgIpc) is 2.27. The third kappa shape index (κ3) is 5.22. The highest BCUT2D eigenvalue weighted by atomic mass is 79.9. The van der Waals surface area contributed by atoms with Crippen molar-refractivity contribution in [3.05, 3.63) is 24.0 Å². The number of hydrogen-bond acceptors (Lipinski definition) is 4. The van der Waals surface area contributed by atoms with E-state index in [1.54, 1.807) is 0 Å². The van der Waals surface area contributed by atoms with Crippen molar-refractivity contribution in [2.24, 2.45) is 5.84 Å². The number of halogens is 4. The number of hydrazine groups is 1. The van der Waals surface area contributed by atoms with Crippen molar-refractivity contribution in [3.63, 3.8) is 0 Å². The Hall–Kier alpha value is -0.160. The minimum Gasteiger partial charge on any atom is -0.473 e. The highest BCUT2D eigenvalue weighted by molar-refractivity contribution is 9.14. The number of carboxylic acids is 2. The predicted octanol–water partition coefficient (Wildman–Crippen LogP) is 3.18. The Morgan fingerprint density at radius 3 is 1.78 bits per heavy atom. The number of nitrogens with one attached hydrogen (secondary N) is 1. The summed E-state index contributed by atoms with van der Waals surface area (Å²) in [6.45, 7) is 0. The zero-order valence-corrected chi connectivity index (χ0v) is 14.7. The van der Waals surface area contributed by atoms with Gasteiger partial charge in [0.1, 0.15) is 0 Å². The van der Waals surface area contributed by atoms with Crippen LogP contribution < -0.4 is 11.3 Å². The fraction of sp³-hybridized carbons (Fsp3) is 0. The number of carboxylic acid groups (broad SMARTS) is 2. The van der Waals surface area contributed by atoms with Crippen LogP contribution in [0.4, 0.5) is 5.69 Å². The van der Waals surface area contributed by atoms with Crippen molar-refractivity contribution < 1.29 is 19.8 Å². The third-order valence-electron chi connectivity index (χ3n) is 1.44. The van der Waals surface area contributed by atoms with Crippen LogP contribution in [-0.2, 0) is 9.59 Å². The monoisotopic (exact) mass is 510 g/mol. The van der Waals surface area contributed by atoms with Gasteiger partial charge < -0.3 is 15.6 Å². The molecule has 0 aliphatic heterocycles. The molecule has 0 aliphatic carbocycles. The van der Waals surface area contributed by atoms with Crippen LogP contribution in [0.25, 0.3) is 0 Å². The normalized spacial score (nSPS) is 9.17. The molecule has 0 bridgehead atoms. The summed E-state index contributed by atoms with van der Waals surface area (Å²) in [5.41, 5.74) is 3.40. The number of nitrogens with two attached hydrogens (primary N) is 1. The van der Waals surface area contributed by atoms with E-state index in [0.29, 0.717) is 0 Å². The summed E-state index contributed by atoms with van der Waals surface area (Å²) >= 11 is 13.5. The van der Waals surface area contributed by atoms with Gasteiger partial charge in [0, 0.05) is 13.4 Å². The fourth-order valence-electron chi connectivity index (χ4n) is 0.699. The van der Waals surface area contributed by atoms with Crippen LogP contribution in [0.1, 0.15) is 0 Å². The van der Waals surface area contributed by atoms with Crippen molar-refractivity contribution >= 4 is 81.3 Å². The summed E-state index contributed by atoms with van der Waals surface area (Å²) < 4.78 is 3.66. The van der Waals surface area contributed by atoms with Gasteiger partial charge in [-0.15, -0.1) is 0 Å². The Bertz CT molecular complexity index is 469. The first-order chi connectivity index (χ1) is 8.22. The Morgan fingerprint density at radius 1 is 1.00 bits per heavy atom. The van der Waals surface area contributed by atoms with Gasteiger partial charge in [-0.2, -0.15) is 0 Å². The van der Waals surface area contributed by atoms with E-state index < -0.39 is 11.9 Å². The average molecular weight is 514 g/mol. The van der Waals surface area contributed by atoms with E-state index in [9.17, 15) is 0 Å². The number of nitrogen functional groups attached to an aromatic ring is 1. The zero-order chi connectivity index (χ0) is 14.5. The number of hydrogen-bond donors (Lipinski definition) is 4. The van der Waals surface area contributed by atoms with Gasteiger partial charge in [-0.05, 0) is 69.8 Å². The number of aliphatic carboxylic acids is 2. The summed E-state index contributed by atoms with van der Waals surface area (Å²) in [6.07, 6.45) is 0. The lowest BCUT2D eigenvalue weighted by Crippen LogP contribution is -2.09. The van der Waals surface area contributed by atoms with Gasteiger partial charge in [-0.3, -0.25) is 5.84 Å². The van der Waals surface area contributed by atoms with Gasteiger partial charge in [0.15, 0.2) is 0 Å². The van der Waals surface area contributed by atoms with Crippen molar-refractivity contribution in [1.82, 2.24) is 0 Å². The molecule has 100 valence electrons. The van der Waals surface area contributed by atoms with Gasteiger partial charge >= 0.3 is 11.9 Å². The van der Waals surface area contributed by atoms with E-state index in [4.69, 9.17) is 25.6 Å². The second-order valence-corrected chi connectivity index (χ2v) is 5.89. The van der Waals surface area contributed by atoms with Gasteiger partial charge in [-0.1, -0.05) is 0 Å². The van der Waals surface area contributed by atoms with E-state index in [2.05, 4.69) is 69.1 Å². The fourth-order valence-corrected chi connectivity index (χ4v) is 3.36. The van der Waals surface area contributed by atoms with Gasteiger partial charge in [0.05, 0.1) is 10.2 Å². The number of anilines is 1. The summed E-state index contributed by atoms with van der Waals surface area (Å²) in [5.74, 6) is 1.68. The van der Waals surface area contributed by atoms with Crippen LogP contribution in [0.2, 0.25) is 0 Å². The Morgan fingerprint density at radius 2 is 1.44 bits per heavy atom. The second-order valence-electron chi connectivity index (χ2n) is 2.60. The molecule has 0 heterocycles.